The molecular formula is C11H12N2O3S. The van der Waals surface area contributed by atoms with Crippen molar-refractivity contribution in [2.75, 3.05) is 13.2 Å². The Balaban J connectivity index is 2.22. The molecule has 2 N–H and O–H groups in total. The Morgan fingerprint density at radius 3 is 3.12 bits per heavy atom. The van der Waals surface area contributed by atoms with Gasteiger partial charge in [-0.25, -0.2) is 4.98 Å². The molecule has 0 fully saturated rings. The minimum absolute atomic E-state index is 0.0748. The maximum Gasteiger partial charge on any atom is 0.263 e. The van der Waals surface area contributed by atoms with Gasteiger partial charge in [0.05, 0.1) is 18.6 Å². The van der Waals surface area contributed by atoms with Crippen LogP contribution >= 0.6 is 11.3 Å². The van der Waals surface area contributed by atoms with E-state index < -0.39 is 0 Å². The number of nitrogens with one attached hydrogen (secondary N) is 1. The van der Waals surface area contributed by atoms with E-state index in [1.54, 1.807) is 25.3 Å². The summed E-state index contributed by atoms with van der Waals surface area (Å²) in [6.45, 7) is 1.94. The zero-order chi connectivity index (χ0) is 12.3. The van der Waals surface area contributed by atoms with Crippen LogP contribution in [0, 0.1) is 6.92 Å². The number of thiazole rings is 1. The summed E-state index contributed by atoms with van der Waals surface area (Å²) in [5, 5.41) is 11.9. The number of hydrogen-bond acceptors (Lipinski definition) is 5. The number of aliphatic hydroxyl groups is 1. The SMILES string of the molecule is Cc1nc(-c2ccco2)sc1C(=O)NCCO. The van der Waals surface area contributed by atoms with E-state index in [0.29, 0.717) is 21.3 Å². The predicted molar refractivity (Wildman–Crippen MR) is 64.0 cm³/mol. The average molecular weight is 252 g/mol. The zero-order valence-corrected chi connectivity index (χ0v) is 10.1. The number of carbonyl (C=O) groups is 1. The molecule has 0 bridgehead atoms. The van der Waals surface area contributed by atoms with E-state index >= 15 is 0 Å². The van der Waals surface area contributed by atoms with Crippen LogP contribution in [0.5, 0.6) is 0 Å². The molecule has 1 amide bonds. The fraction of sp³-hybridized carbons (Fsp3) is 0.273. The highest BCUT2D eigenvalue weighted by atomic mass is 32.1. The summed E-state index contributed by atoms with van der Waals surface area (Å²) in [5.74, 6) is 0.436. The maximum atomic E-state index is 11.7. The first kappa shape index (κ1) is 11.8. The van der Waals surface area contributed by atoms with Crippen LogP contribution in [0.3, 0.4) is 0 Å². The molecule has 0 unspecified atom stereocenters. The van der Waals surface area contributed by atoms with Gasteiger partial charge in [0.15, 0.2) is 10.8 Å². The number of rotatable bonds is 4. The molecule has 2 heterocycles. The lowest BCUT2D eigenvalue weighted by Crippen LogP contribution is -2.26. The monoisotopic (exact) mass is 252 g/mol. The third-order valence-corrected chi connectivity index (χ3v) is 3.30. The molecule has 90 valence electrons. The molecule has 6 heteroatoms. The minimum atomic E-state index is -0.216. The van der Waals surface area contributed by atoms with Gasteiger partial charge in [-0.1, -0.05) is 0 Å². The fourth-order valence-electron chi connectivity index (χ4n) is 1.36. The molecule has 2 aromatic rings. The van der Waals surface area contributed by atoms with E-state index in [2.05, 4.69) is 10.3 Å². The first-order valence-corrected chi connectivity index (χ1v) is 5.94. The van der Waals surface area contributed by atoms with Crippen LogP contribution in [-0.2, 0) is 0 Å². The largest absolute Gasteiger partial charge is 0.462 e. The Morgan fingerprint density at radius 1 is 1.65 bits per heavy atom. The summed E-state index contributed by atoms with van der Waals surface area (Å²) < 4.78 is 5.22. The number of furan rings is 1. The second kappa shape index (κ2) is 5.11. The van der Waals surface area contributed by atoms with Gasteiger partial charge < -0.3 is 14.8 Å². The highest BCUT2D eigenvalue weighted by Gasteiger charge is 2.16. The van der Waals surface area contributed by atoms with Crippen molar-refractivity contribution < 1.29 is 14.3 Å². The van der Waals surface area contributed by atoms with Crippen LogP contribution in [0.2, 0.25) is 0 Å². The van der Waals surface area contributed by atoms with Crippen molar-refractivity contribution in [1.82, 2.24) is 10.3 Å². The Bertz CT molecular complexity index is 505. The smallest absolute Gasteiger partial charge is 0.263 e. The van der Waals surface area contributed by atoms with Crippen molar-refractivity contribution in [2.24, 2.45) is 0 Å². The molecule has 5 nitrogen and oxygen atoms in total. The van der Waals surface area contributed by atoms with Crippen LogP contribution in [0.15, 0.2) is 22.8 Å². The van der Waals surface area contributed by atoms with Gasteiger partial charge in [-0.3, -0.25) is 4.79 Å². The molecule has 0 spiro atoms. The van der Waals surface area contributed by atoms with E-state index in [9.17, 15) is 4.79 Å². The number of aryl methyl sites for hydroxylation is 1. The third kappa shape index (κ3) is 2.54. The number of nitrogens with zero attached hydrogens (tertiary/aromatic N) is 1. The molecule has 0 aliphatic rings. The maximum absolute atomic E-state index is 11.7. The van der Waals surface area contributed by atoms with Gasteiger partial charge >= 0.3 is 0 Å². The number of carbonyl (C=O) groups excluding carboxylic acids is 1. The summed E-state index contributed by atoms with van der Waals surface area (Å²) in [5.41, 5.74) is 0.664. The van der Waals surface area contributed by atoms with E-state index in [-0.39, 0.29) is 19.1 Å². The van der Waals surface area contributed by atoms with Gasteiger partial charge in [-0.05, 0) is 19.1 Å². The van der Waals surface area contributed by atoms with E-state index in [1.165, 1.54) is 11.3 Å². The third-order valence-electron chi connectivity index (χ3n) is 2.13. The molecule has 0 aromatic carbocycles. The fourth-order valence-corrected chi connectivity index (χ4v) is 2.31. The first-order chi connectivity index (χ1) is 8.22. The minimum Gasteiger partial charge on any atom is -0.462 e. The lowest BCUT2D eigenvalue weighted by atomic mass is 10.3. The lowest BCUT2D eigenvalue weighted by Gasteiger charge is -1.99. The molecule has 0 saturated carbocycles. The molecule has 17 heavy (non-hydrogen) atoms. The van der Waals surface area contributed by atoms with Gasteiger partial charge in [0.2, 0.25) is 0 Å². The van der Waals surface area contributed by atoms with Gasteiger partial charge in [0.1, 0.15) is 4.88 Å². The summed E-state index contributed by atoms with van der Waals surface area (Å²) in [6.07, 6.45) is 1.57. The molecule has 2 rings (SSSR count). The van der Waals surface area contributed by atoms with E-state index in [1.807, 2.05) is 0 Å². The normalized spacial score (nSPS) is 10.5. The van der Waals surface area contributed by atoms with Crippen molar-refractivity contribution >= 4 is 17.2 Å². The number of aliphatic hydroxyl groups excluding tert-OH is 1. The van der Waals surface area contributed by atoms with Crippen LogP contribution in [0.25, 0.3) is 10.8 Å². The van der Waals surface area contributed by atoms with Gasteiger partial charge in [0, 0.05) is 6.54 Å². The highest BCUT2D eigenvalue weighted by molar-refractivity contribution is 7.17. The van der Waals surface area contributed by atoms with Gasteiger partial charge in [-0.2, -0.15) is 0 Å². The highest BCUT2D eigenvalue weighted by Crippen LogP contribution is 2.27. The molecule has 0 aliphatic heterocycles. The Hall–Kier alpha value is -1.66. The molecule has 0 atom stereocenters. The van der Waals surface area contributed by atoms with Crippen LogP contribution in [0.4, 0.5) is 0 Å². The van der Waals surface area contributed by atoms with E-state index in [4.69, 9.17) is 9.52 Å². The molecule has 0 saturated heterocycles. The van der Waals surface area contributed by atoms with Crippen LogP contribution < -0.4 is 5.32 Å². The standard InChI is InChI=1S/C11H12N2O3S/c1-7-9(10(15)12-4-5-14)17-11(13-7)8-3-2-6-16-8/h2-3,6,14H,4-5H2,1H3,(H,12,15). The second-order valence-electron chi connectivity index (χ2n) is 3.39. The second-order valence-corrected chi connectivity index (χ2v) is 4.39. The van der Waals surface area contributed by atoms with Crippen molar-refractivity contribution in [1.29, 1.82) is 0 Å². The zero-order valence-electron chi connectivity index (χ0n) is 9.27. The summed E-state index contributed by atoms with van der Waals surface area (Å²) in [4.78, 5) is 16.6. The Morgan fingerprint density at radius 2 is 2.47 bits per heavy atom. The van der Waals surface area contributed by atoms with Gasteiger partial charge in [0.25, 0.3) is 5.91 Å². The number of aromatic nitrogens is 1. The first-order valence-electron chi connectivity index (χ1n) is 5.12. The van der Waals surface area contributed by atoms with Crippen molar-refractivity contribution in [3.8, 4) is 10.8 Å². The lowest BCUT2D eigenvalue weighted by molar-refractivity contribution is 0.0948. The topological polar surface area (TPSA) is 75.4 Å². The van der Waals surface area contributed by atoms with Gasteiger partial charge in [-0.15, -0.1) is 11.3 Å². The Kier molecular flexibility index (Phi) is 3.55. The quantitative estimate of drug-likeness (QED) is 0.863. The van der Waals surface area contributed by atoms with Crippen LogP contribution in [-0.4, -0.2) is 29.1 Å². The Labute approximate surface area is 102 Å². The van der Waals surface area contributed by atoms with Crippen molar-refractivity contribution in [3.63, 3.8) is 0 Å². The molecule has 0 aliphatic carbocycles. The van der Waals surface area contributed by atoms with Crippen LogP contribution in [0.1, 0.15) is 15.4 Å². The summed E-state index contributed by atoms with van der Waals surface area (Å²) >= 11 is 1.28. The molecule has 0 radical (unpaired) electrons. The number of amides is 1. The van der Waals surface area contributed by atoms with Crippen molar-refractivity contribution in [2.45, 2.75) is 6.92 Å². The average Bonchev–Trinajstić information content (AvgIpc) is 2.94. The molecule has 2 aromatic heterocycles. The predicted octanol–water partition coefficient (Wildman–Crippen LogP) is 1.43. The summed E-state index contributed by atoms with van der Waals surface area (Å²) in [6, 6.07) is 3.57. The van der Waals surface area contributed by atoms with E-state index in [0.717, 1.165) is 0 Å². The summed E-state index contributed by atoms with van der Waals surface area (Å²) in [7, 11) is 0. The van der Waals surface area contributed by atoms with Crippen molar-refractivity contribution in [3.05, 3.63) is 29.0 Å². The number of hydrogen-bond donors (Lipinski definition) is 2. The molecular weight excluding hydrogens is 240 g/mol.